The molecular formula is C16H21N3O. The van der Waals surface area contributed by atoms with E-state index in [-0.39, 0.29) is 6.61 Å². The average molecular weight is 271 g/mol. The Bertz CT molecular complexity index is 493. The molecule has 1 aliphatic heterocycles. The van der Waals surface area contributed by atoms with Crippen LogP contribution in [-0.4, -0.2) is 36.7 Å². The predicted molar refractivity (Wildman–Crippen MR) is 77.4 cm³/mol. The van der Waals surface area contributed by atoms with Crippen LogP contribution in [-0.2, 0) is 6.54 Å². The van der Waals surface area contributed by atoms with Gasteiger partial charge in [-0.2, -0.15) is 5.26 Å². The number of rotatable bonds is 6. The fraction of sp³-hybridized carbons (Fsp3) is 0.562. The Morgan fingerprint density at radius 3 is 2.95 bits per heavy atom. The van der Waals surface area contributed by atoms with Gasteiger partial charge in [0.15, 0.2) is 6.61 Å². The van der Waals surface area contributed by atoms with Gasteiger partial charge in [-0.1, -0.05) is 18.2 Å². The highest BCUT2D eigenvalue weighted by Gasteiger charge is 2.34. The molecule has 1 heterocycles. The molecule has 4 heteroatoms. The van der Waals surface area contributed by atoms with E-state index in [0.29, 0.717) is 6.04 Å². The minimum absolute atomic E-state index is 0.107. The summed E-state index contributed by atoms with van der Waals surface area (Å²) in [7, 11) is 0. The van der Waals surface area contributed by atoms with Crippen molar-refractivity contribution in [3.63, 3.8) is 0 Å². The molecule has 1 saturated heterocycles. The number of benzene rings is 1. The lowest BCUT2D eigenvalue weighted by Crippen LogP contribution is -2.33. The van der Waals surface area contributed by atoms with Gasteiger partial charge in [-0.25, -0.2) is 0 Å². The third-order valence-electron chi connectivity index (χ3n) is 4.13. The minimum atomic E-state index is 0.107. The van der Waals surface area contributed by atoms with Crippen LogP contribution in [0.5, 0.6) is 5.75 Å². The second-order valence-corrected chi connectivity index (χ2v) is 5.65. The summed E-state index contributed by atoms with van der Waals surface area (Å²) in [6, 6.07) is 11.4. The highest BCUT2D eigenvalue weighted by Crippen LogP contribution is 2.30. The molecule has 2 aliphatic rings. The molecule has 0 aromatic heterocycles. The number of nitrogens with one attached hydrogen (secondary N) is 1. The molecule has 1 saturated carbocycles. The largest absolute Gasteiger partial charge is 0.478 e. The van der Waals surface area contributed by atoms with E-state index in [1.165, 1.54) is 32.4 Å². The zero-order valence-corrected chi connectivity index (χ0v) is 11.7. The quantitative estimate of drug-likeness (QED) is 0.858. The molecule has 1 unspecified atom stereocenters. The van der Waals surface area contributed by atoms with Gasteiger partial charge < -0.3 is 10.1 Å². The molecule has 3 rings (SSSR count). The molecule has 4 nitrogen and oxygen atoms in total. The first-order valence-electron chi connectivity index (χ1n) is 7.42. The number of nitrogens with zero attached hydrogens (tertiary/aromatic N) is 2. The van der Waals surface area contributed by atoms with Crippen LogP contribution in [0.25, 0.3) is 0 Å². The smallest absolute Gasteiger partial charge is 0.174 e. The van der Waals surface area contributed by atoms with Gasteiger partial charge in [0.2, 0.25) is 0 Å². The number of nitriles is 1. The Labute approximate surface area is 120 Å². The zero-order chi connectivity index (χ0) is 13.8. The number of ether oxygens (including phenoxy) is 1. The van der Waals surface area contributed by atoms with E-state index in [9.17, 15) is 0 Å². The number of hydrogen-bond donors (Lipinski definition) is 1. The molecule has 0 bridgehead atoms. The van der Waals surface area contributed by atoms with Crippen molar-refractivity contribution in [2.45, 2.75) is 37.9 Å². The Balaban J connectivity index is 1.51. The molecule has 1 aromatic rings. The van der Waals surface area contributed by atoms with Crippen molar-refractivity contribution >= 4 is 0 Å². The van der Waals surface area contributed by atoms with Crippen molar-refractivity contribution in [1.82, 2.24) is 10.2 Å². The molecule has 106 valence electrons. The van der Waals surface area contributed by atoms with Crippen LogP contribution in [0, 0.1) is 11.3 Å². The highest BCUT2D eigenvalue weighted by atomic mass is 16.5. The van der Waals surface area contributed by atoms with Crippen LogP contribution in [0.1, 0.15) is 24.8 Å². The van der Waals surface area contributed by atoms with E-state index in [4.69, 9.17) is 10.00 Å². The van der Waals surface area contributed by atoms with Crippen molar-refractivity contribution in [1.29, 1.82) is 5.26 Å². The summed E-state index contributed by atoms with van der Waals surface area (Å²) in [5, 5.41) is 12.2. The Hall–Kier alpha value is -1.57. The summed E-state index contributed by atoms with van der Waals surface area (Å²) in [6.07, 6.45) is 4.01. The maximum atomic E-state index is 8.61. The van der Waals surface area contributed by atoms with Crippen molar-refractivity contribution in [3.8, 4) is 11.8 Å². The third-order valence-corrected chi connectivity index (χ3v) is 4.13. The van der Waals surface area contributed by atoms with E-state index in [0.717, 1.165) is 23.9 Å². The van der Waals surface area contributed by atoms with E-state index < -0.39 is 0 Å². The van der Waals surface area contributed by atoms with E-state index in [1.54, 1.807) is 0 Å². The van der Waals surface area contributed by atoms with Crippen molar-refractivity contribution < 1.29 is 4.74 Å². The first kappa shape index (κ1) is 13.4. The van der Waals surface area contributed by atoms with Crippen LogP contribution >= 0.6 is 0 Å². The average Bonchev–Trinajstić information content (AvgIpc) is 3.23. The van der Waals surface area contributed by atoms with Crippen LogP contribution in [0.3, 0.4) is 0 Å². The van der Waals surface area contributed by atoms with E-state index >= 15 is 0 Å². The van der Waals surface area contributed by atoms with Gasteiger partial charge >= 0.3 is 0 Å². The van der Waals surface area contributed by atoms with Gasteiger partial charge in [0, 0.05) is 37.3 Å². The van der Waals surface area contributed by atoms with Crippen molar-refractivity contribution in [2.24, 2.45) is 0 Å². The highest BCUT2D eigenvalue weighted by molar-refractivity contribution is 5.33. The summed E-state index contributed by atoms with van der Waals surface area (Å²) in [5.41, 5.74) is 1.13. The lowest BCUT2D eigenvalue weighted by molar-refractivity contribution is 0.316. The molecule has 1 aliphatic carbocycles. The number of para-hydroxylation sites is 1. The lowest BCUT2D eigenvalue weighted by atomic mass is 10.2. The van der Waals surface area contributed by atoms with Crippen LogP contribution in [0.4, 0.5) is 0 Å². The number of likely N-dealkylation sites (tertiary alicyclic amines) is 1. The molecule has 20 heavy (non-hydrogen) atoms. The molecular weight excluding hydrogens is 250 g/mol. The van der Waals surface area contributed by atoms with Gasteiger partial charge in [-0.3, -0.25) is 4.90 Å². The second-order valence-electron chi connectivity index (χ2n) is 5.65. The topological polar surface area (TPSA) is 48.3 Å². The maximum Gasteiger partial charge on any atom is 0.174 e. The van der Waals surface area contributed by atoms with Crippen LogP contribution in [0.2, 0.25) is 0 Å². The van der Waals surface area contributed by atoms with Gasteiger partial charge in [0.1, 0.15) is 11.8 Å². The SMILES string of the molecule is N#CCOc1ccccc1CNC1CCN(C2CC2)C1. The predicted octanol–water partition coefficient (Wildman–Crippen LogP) is 1.92. The standard InChI is InChI=1S/C16H21N3O/c17-8-10-20-16-4-2-1-3-13(16)11-18-14-7-9-19(12-14)15-5-6-15/h1-4,14-15,18H,5-7,9-12H2. The van der Waals surface area contributed by atoms with Crippen LogP contribution < -0.4 is 10.1 Å². The number of hydrogen-bond acceptors (Lipinski definition) is 4. The zero-order valence-electron chi connectivity index (χ0n) is 11.7. The van der Waals surface area contributed by atoms with Crippen LogP contribution in [0.15, 0.2) is 24.3 Å². The summed E-state index contributed by atoms with van der Waals surface area (Å²) >= 11 is 0. The van der Waals surface area contributed by atoms with E-state index in [1.807, 2.05) is 24.3 Å². The van der Waals surface area contributed by atoms with E-state index in [2.05, 4.69) is 16.3 Å². The lowest BCUT2D eigenvalue weighted by Gasteiger charge is -2.16. The Kier molecular flexibility index (Phi) is 4.19. The van der Waals surface area contributed by atoms with Crippen molar-refractivity contribution in [2.75, 3.05) is 19.7 Å². The maximum absolute atomic E-state index is 8.61. The summed E-state index contributed by atoms with van der Waals surface area (Å²) in [6.45, 7) is 3.32. The van der Waals surface area contributed by atoms with Gasteiger partial charge in [-0.05, 0) is 25.3 Å². The fourth-order valence-corrected chi connectivity index (χ4v) is 2.88. The minimum Gasteiger partial charge on any atom is -0.478 e. The first-order valence-corrected chi connectivity index (χ1v) is 7.42. The summed E-state index contributed by atoms with van der Waals surface area (Å²) in [4.78, 5) is 2.61. The Morgan fingerprint density at radius 2 is 2.15 bits per heavy atom. The van der Waals surface area contributed by atoms with Gasteiger partial charge in [-0.15, -0.1) is 0 Å². The molecule has 0 amide bonds. The fourth-order valence-electron chi connectivity index (χ4n) is 2.88. The molecule has 2 fully saturated rings. The molecule has 1 aromatic carbocycles. The summed E-state index contributed by atoms with van der Waals surface area (Å²) < 4.78 is 5.46. The second kappa shape index (κ2) is 6.25. The normalized spacial score (nSPS) is 22.6. The first-order chi connectivity index (χ1) is 9.86. The van der Waals surface area contributed by atoms with Crippen molar-refractivity contribution in [3.05, 3.63) is 29.8 Å². The molecule has 0 radical (unpaired) electrons. The molecule has 1 N–H and O–H groups in total. The van der Waals surface area contributed by atoms with Gasteiger partial charge in [0.25, 0.3) is 0 Å². The monoisotopic (exact) mass is 271 g/mol. The molecule has 1 atom stereocenters. The Morgan fingerprint density at radius 1 is 1.30 bits per heavy atom. The van der Waals surface area contributed by atoms with Gasteiger partial charge in [0.05, 0.1) is 0 Å². The molecule has 0 spiro atoms. The summed E-state index contributed by atoms with van der Waals surface area (Å²) in [5.74, 6) is 0.818. The third kappa shape index (κ3) is 3.30.